The van der Waals surface area contributed by atoms with Gasteiger partial charge in [-0.05, 0) is 26.2 Å². The van der Waals surface area contributed by atoms with Crippen LogP contribution in [0.15, 0.2) is 0 Å². The second kappa shape index (κ2) is 2.21. The van der Waals surface area contributed by atoms with Gasteiger partial charge in [-0.1, -0.05) is 0 Å². The maximum Gasteiger partial charge on any atom is 0.104 e. The van der Waals surface area contributed by atoms with Gasteiger partial charge in [-0.15, -0.1) is 0 Å². The van der Waals surface area contributed by atoms with Gasteiger partial charge in [0.05, 0.1) is 18.8 Å². The van der Waals surface area contributed by atoms with E-state index in [1.165, 1.54) is 19.3 Å². The summed E-state index contributed by atoms with van der Waals surface area (Å²) in [5.74, 6) is 0. The lowest BCUT2D eigenvalue weighted by molar-refractivity contribution is -0.0894. The molecule has 1 atom stereocenters. The fraction of sp³-hybridized carbons (Fsp3) is 1.00. The Morgan fingerprint density at radius 1 is 1.60 bits per heavy atom. The summed E-state index contributed by atoms with van der Waals surface area (Å²) in [6, 6.07) is 0. The molecule has 0 aromatic heterocycles. The van der Waals surface area contributed by atoms with Crippen molar-refractivity contribution in [2.45, 2.75) is 37.9 Å². The van der Waals surface area contributed by atoms with Crippen LogP contribution in [0.3, 0.4) is 0 Å². The van der Waals surface area contributed by atoms with E-state index in [1.54, 1.807) is 0 Å². The summed E-state index contributed by atoms with van der Waals surface area (Å²) in [7, 11) is 0. The summed E-state index contributed by atoms with van der Waals surface area (Å²) in [5, 5.41) is 0. The number of ether oxygens (including phenoxy) is 2. The van der Waals surface area contributed by atoms with Crippen LogP contribution in [0.5, 0.6) is 0 Å². The van der Waals surface area contributed by atoms with Gasteiger partial charge in [0, 0.05) is 0 Å². The zero-order valence-electron chi connectivity index (χ0n) is 6.43. The number of rotatable bonds is 3. The molecular weight excluding hydrogens is 128 g/mol. The van der Waals surface area contributed by atoms with Crippen molar-refractivity contribution in [1.82, 2.24) is 0 Å². The highest BCUT2D eigenvalue weighted by atomic mass is 16.6. The molecule has 2 aliphatic rings. The lowest BCUT2D eigenvalue weighted by Gasteiger charge is -2.37. The Kier molecular flexibility index (Phi) is 1.46. The average Bonchev–Trinajstić information content (AvgIpc) is 2.61. The average molecular weight is 142 g/mol. The molecule has 58 valence electrons. The topological polar surface area (TPSA) is 21.8 Å². The quantitative estimate of drug-likeness (QED) is 0.555. The maximum absolute atomic E-state index is 5.66. The predicted molar refractivity (Wildman–Crippen MR) is 37.9 cm³/mol. The van der Waals surface area contributed by atoms with Crippen molar-refractivity contribution in [2.75, 3.05) is 13.2 Å². The molecule has 1 unspecified atom stereocenters. The smallest absolute Gasteiger partial charge is 0.104 e. The van der Waals surface area contributed by atoms with E-state index in [9.17, 15) is 0 Å². The molecule has 2 nitrogen and oxygen atoms in total. The van der Waals surface area contributed by atoms with E-state index in [-0.39, 0.29) is 5.60 Å². The van der Waals surface area contributed by atoms with E-state index in [4.69, 9.17) is 9.47 Å². The summed E-state index contributed by atoms with van der Waals surface area (Å²) < 4.78 is 10.7. The molecule has 2 fully saturated rings. The van der Waals surface area contributed by atoms with Crippen LogP contribution < -0.4 is 0 Å². The number of hydrogen-bond acceptors (Lipinski definition) is 2. The molecule has 0 bridgehead atoms. The SMILES string of the molecule is CC1(OCC2CO2)CCC1. The summed E-state index contributed by atoms with van der Waals surface area (Å²) in [6.07, 6.45) is 4.24. The van der Waals surface area contributed by atoms with Crippen LogP contribution in [0.4, 0.5) is 0 Å². The van der Waals surface area contributed by atoms with Crippen molar-refractivity contribution in [1.29, 1.82) is 0 Å². The highest BCUT2D eigenvalue weighted by Gasteiger charge is 2.35. The van der Waals surface area contributed by atoms with Gasteiger partial charge in [0.25, 0.3) is 0 Å². The minimum Gasteiger partial charge on any atom is -0.373 e. The van der Waals surface area contributed by atoms with Crippen LogP contribution in [0.1, 0.15) is 26.2 Å². The van der Waals surface area contributed by atoms with Gasteiger partial charge in [-0.3, -0.25) is 0 Å². The van der Waals surface area contributed by atoms with E-state index in [0.717, 1.165) is 13.2 Å². The standard InChI is InChI=1S/C8H14O2/c1-8(3-2-4-8)10-6-7-5-9-7/h7H,2-6H2,1H3. The fourth-order valence-electron chi connectivity index (χ4n) is 1.28. The molecule has 0 amide bonds. The summed E-state index contributed by atoms with van der Waals surface area (Å²) in [4.78, 5) is 0. The Hall–Kier alpha value is -0.0800. The van der Waals surface area contributed by atoms with Crippen LogP contribution in [-0.4, -0.2) is 24.9 Å². The van der Waals surface area contributed by atoms with Gasteiger partial charge in [-0.25, -0.2) is 0 Å². The van der Waals surface area contributed by atoms with Gasteiger partial charge in [0.1, 0.15) is 6.10 Å². The van der Waals surface area contributed by atoms with E-state index in [0.29, 0.717) is 6.10 Å². The van der Waals surface area contributed by atoms with E-state index in [1.807, 2.05) is 0 Å². The van der Waals surface area contributed by atoms with Gasteiger partial charge < -0.3 is 9.47 Å². The minimum atomic E-state index is 0.214. The molecule has 0 radical (unpaired) electrons. The zero-order valence-corrected chi connectivity index (χ0v) is 6.43. The first kappa shape index (κ1) is 6.62. The monoisotopic (exact) mass is 142 g/mol. The third kappa shape index (κ3) is 1.32. The van der Waals surface area contributed by atoms with Crippen LogP contribution in [0.25, 0.3) is 0 Å². The Balaban J connectivity index is 1.67. The van der Waals surface area contributed by atoms with Crippen molar-refractivity contribution in [3.8, 4) is 0 Å². The summed E-state index contributed by atoms with van der Waals surface area (Å²) in [6.45, 7) is 3.92. The predicted octanol–water partition coefficient (Wildman–Crippen LogP) is 1.34. The number of hydrogen-bond donors (Lipinski definition) is 0. The molecule has 0 aromatic rings. The first-order valence-electron chi connectivity index (χ1n) is 4.04. The molecule has 2 heteroatoms. The molecule has 1 aliphatic carbocycles. The third-order valence-electron chi connectivity index (χ3n) is 2.43. The van der Waals surface area contributed by atoms with Crippen molar-refractivity contribution >= 4 is 0 Å². The lowest BCUT2D eigenvalue weighted by Crippen LogP contribution is -2.37. The molecule has 10 heavy (non-hydrogen) atoms. The highest BCUT2D eigenvalue weighted by molar-refractivity contribution is 4.85. The summed E-state index contributed by atoms with van der Waals surface area (Å²) >= 11 is 0. The maximum atomic E-state index is 5.66. The van der Waals surface area contributed by atoms with Gasteiger partial charge >= 0.3 is 0 Å². The fourth-order valence-corrected chi connectivity index (χ4v) is 1.28. The molecule has 1 saturated heterocycles. The highest BCUT2D eigenvalue weighted by Crippen LogP contribution is 2.35. The Morgan fingerprint density at radius 2 is 2.30 bits per heavy atom. The zero-order chi connectivity index (χ0) is 7.03. The molecule has 1 heterocycles. The van der Waals surface area contributed by atoms with Crippen molar-refractivity contribution < 1.29 is 9.47 Å². The van der Waals surface area contributed by atoms with Crippen molar-refractivity contribution in [3.05, 3.63) is 0 Å². The van der Waals surface area contributed by atoms with E-state index < -0.39 is 0 Å². The summed E-state index contributed by atoms with van der Waals surface area (Å²) in [5.41, 5.74) is 0.214. The molecular formula is C8H14O2. The Bertz CT molecular complexity index is 125. The van der Waals surface area contributed by atoms with E-state index in [2.05, 4.69) is 6.92 Å². The Labute approximate surface area is 61.5 Å². The third-order valence-corrected chi connectivity index (χ3v) is 2.43. The largest absolute Gasteiger partial charge is 0.373 e. The van der Waals surface area contributed by atoms with Gasteiger partial charge in [0.15, 0.2) is 0 Å². The van der Waals surface area contributed by atoms with Gasteiger partial charge in [0.2, 0.25) is 0 Å². The van der Waals surface area contributed by atoms with Crippen LogP contribution in [0.2, 0.25) is 0 Å². The lowest BCUT2D eigenvalue weighted by atomic mass is 9.82. The number of epoxide rings is 1. The molecule has 0 N–H and O–H groups in total. The van der Waals surface area contributed by atoms with E-state index >= 15 is 0 Å². The minimum absolute atomic E-state index is 0.214. The molecule has 2 rings (SSSR count). The van der Waals surface area contributed by atoms with Crippen LogP contribution >= 0.6 is 0 Å². The second-order valence-corrected chi connectivity index (χ2v) is 3.57. The van der Waals surface area contributed by atoms with Gasteiger partial charge in [-0.2, -0.15) is 0 Å². The molecule has 1 saturated carbocycles. The molecule has 0 spiro atoms. The second-order valence-electron chi connectivity index (χ2n) is 3.57. The van der Waals surface area contributed by atoms with Crippen molar-refractivity contribution in [2.24, 2.45) is 0 Å². The van der Waals surface area contributed by atoms with Crippen LogP contribution in [-0.2, 0) is 9.47 Å². The Morgan fingerprint density at radius 3 is 2.70 bits per heavy atom. The van der Waals surface area contributed by atoms with Crippen molar-refractivity contribution in [3.63, 3.8) is 0 Å². The first-order chi connectivity index (χ1) is 4.79. The van der Waals surface area contributed by atoms with Crippen LogP contribution in [0, 0.1) is 0 Å². The first-order valence-corrected chi connectivity index (χ1v) is 4.04. The molecule has 0 aromatic carbocycles. The normalized spacial score (nSPS) is 35.1. The molecule has 1 aliphatic heterocycles.